The Hall–Kier alpha value is -3.46. The van der Waals surface area contributed by atoms with E-state index < -0.39 is 23.8 Å². The molecule has 2 atom stereocenters. The van der Waals surface area contributed by atoms with Gasteiger partial charge in [-0.1, -0.05) is 36.4 Å². The van der Waals surface area contributed by atoms with Crippen LogP contribution in [0, 0.1) is 17.2 Å². The summed E-state index contributed by atoms with van der Waals surface area (Å²) in [5, 5.41) is 22.2. The molecule has 0 aliphatic carbocycles. The fraction of sp³-hybridized carbons (Fsp3) is 0.200. The molecule has 0 aliphatic heterocycles. The second-order valence-electron chi connectivity index (χ2n) is 6.15. The molecular weight excluding hydrogens is 330 g/mol. The van der Waals surface area contributed by atoms with Crippen molar-refractivity contribution >= 4 is 33.7 Å². The largest absolute Gasteiger partial charge is 0.480 e. The summed E-state index contributed by atoms with van der Waals surface area (Å²) in [5.74, 6) is -2.14. The number of hydrogen-bond donors (Lipinski definition) is 2. The number of carboxylic acid groups (broad SMARTS) is 1. The smallest absolute Gasteiger partial charge is 0.326 e. The van der Waals surface area contributed by atoms with Gasteiger partial charge >= 0.3 is 5.97 Å². The number of benzene rings is 2. The Morgan fingerprint density at radius 2 is 1.65 bits per heavy atom. The normalized spacial score (nSPS) is 13.1. The number of rotatable bonds is 5. The Balaban J connectivity index is 2.09. The molecule has 130 valence electrons. The second-order valence-corrected chi connectivity index (χ2v) is 6.15. The third-order valence-corrected chi connectivity index (χ3v) is 4.23. The van der Waals surface area contributed by atoms with Crippen molar-refractivity contribution in [1.29, 1.82) is 5.26 Å². The molecule has 6 nitrogen and oxygen atoms in total. The zero-order chi connectivity index (χ0) is 18.7. The molecule has 0 aliphatic rings. The van der Waals surface area contributed by atoms with Crippen molar-refractivity contribution in [3.63, 3.8) is 0 Å². The summed E-state index contributed by atoms with van der Waals surface area (Å²) < 4.78 is 0. The van der Waals surface area contributed by atoms with Crippen LogP contribution in [0.2, 0.25) is 0 Å². The Labute approximate surface area is 150 Å². The van der Waals surface area contributed by atoms with Crippen molar-refractivity contribution in [2.45, 2.75) is 19.4 Å². The van der Waals surface area contributed by atoms with Crippen LogP contribution in [-0.2, 0) is 4.79 Å². The molecule has 1 aromatic heterocycles. The van der Waals surface area contributed by atoms with Crippen LogP contribution >= 0.6 is 0 Å². The third kappa shape index (κ3) is 3.33. The van der Waals surface area contributed by atoms with Crippen LogP contribution in [0.15, 0.2) is 48.5 Å². The molecule has 0 unspecified atom stereocenters. The quantitative estimate of drug-likeness (QED) is 0.690. The summed E-state index contributed by atoms with van der Waals surface area (Å²) in [7, 11) is 0. The summed E-state index contributed by atoms with van der Waals surface area (Å²) in [4.78, 5) is 29.0. The fourth-order valence-corrected chi connectivity index (χ4v) is 2.94. The van der Waals surface area contributed by atoms with Gasteiger partial charge in [0, 0.05) is 16.7 Å². The molecular formula is C20H17N3O3. The number of aromatic nitrogens is 1. The van der Waals surface area contributed by atoms with Gasteiger partial charge < -0.3 is 10.4 Å². The maximum absolute atomic E-state index is 13.0. The predicted octanol–water partition coefficient (Wildman–Crippen LogP) is 3.12. The molecule has 2 aromatic carbocycles. The summed E-state index contributed by atoms with van der Waals surface area (Å²) in [5.41, 5.74) is 1.71. The predicted molar refractivity (Wildman–Crippen MR) is 97.5 cm³/mol. The Bertz CT molecular complexity index is 985. The number of para-hydroxylation sites is 2. The van der Waals surface area contributed by atoms with Gasteiger partial charge in [-0.05, 0) is 25.5 Å². The summed E-state index contributed by atoms with van der Waals surface area (Å²) in [6, 6.07) is 15.3. The van der Waals surface area contributed by atoms with Crippen molar-refractivity contribution in [3.05, 3.63) is 54.1 Å². The van der Waals surface area contributed by atoms with E-state index in [1.165, 1.54) is 0 Å². The van der Waals surface area contributed by atoms with Crippen molar-refractivity contribution in [2.75, 3.05) is 0 Å². The minimum atomic E-state index is -1.16. The first kappa shape index (κ1) is 17.4. The average molecular weight is 347 g/mol. The van der Waals surface area contributed by atoms with E-state index in [2.05, 4.69) is 10.3 Å². The number of carboxylic acids is 1. The summed E-state index contributed by atoms with van der Waals surface area (Å²) >= 11 is 0. The van der Waals surface area contributed by atoms with Crippen LogP contribution in [0.1, 0.15) is 23.7 Å². The maximum atomic E-state index is 13.0. The molecule has 1 heterocycles. The maximum Gasteiger partial charge on any atom is 0.326 e. The summed E-state index contributed by atoms with van der Waals surface area (Å²) in [6.45, 7) is 1.62. The van der Waals surface area contributed by atoms with Crippen LogP contribution in [0.3, 0.4) is 0 Å². The molecule has 3 aromatic rings. The fourth-order valence-electron chi connectivity index (χ4n) is 2.94. The zero-order valence-corrected chi connectivity index (χ0v) is 14.1. The summed E-state index contributed by atoms with van der Waals surface area (Å²) in [6.07, 6.45) is 0.0402. The number of amides is 1. The first-order valence-electron chi connectivity index (χ1n) is 8.22. The van der Waals surface area contributed by atoms with Crippen LogP contribution in [-0.4, -0.2) is 28.0 Å². The zero-order valence-electron chi connectivity index (χ0n) is 14.1. The van der Waals surface area contributed by atoms with Crippen LogP contribution in [0.4, 0.5) is 0 Å². The average Bonchev–Trinajstić information content (AvgIpc) is 2.65. The Kier molecular flexibility index (Phi) is 4.81. The number of nitrogens with one attached hydrogen (secondary N) is 1. The molecule has 0 radical (unpaired) electrons. The first-order valence-corrected chi connectivity index (χ1v) is 8.22. The van der Waals surface area contributed by atoms with E-state index in [4.69, 9.17) is 5.26 Å². The monoisotopic (exact) mass is 347 g/mol. The minimum Gasteiger partial charge on any atom is -0.480 e. The first-order chi connectivity index (χ1) is 12.5. The van der Waals surface area contributed by atoms with E-state index in [1.807, 2.05) is 42.5 Å². The van der Waals surface area contributed by atoms with Gasteiger partial charge in [0.1, 0.15) is 6.04 Å². The topological polar surface area (TPSA) is 103 Å². The van der Waals surface area contributed by atoms with Crippen molar-refractivity contribution < 1.29 is 14.7 Å². The van der Waals surface area contributed by atoms with Crippen molar-refractivity contribution in [2.24, 2.45) is 5.92 Å². The van der Waals surface area contributed by atoms with Crippen LogP contribution in [0.25, 0.3) is 21.8 Å². The van der Waals surface area contributed by atoms with E-state index in [1.54, 1.807) is 19.1 Å². The number of hydrogen-bond acceptors (Lipinski definition) is 4. The van der Waals surface area contributed by atoms with Crippen LogP contribution < -0.4 is 5.32 Å². The van der Waals surface area contributed by atoms with Crippen LogP contribution in [0.5, 0.6) is 0 Å². The Morgan fingerprint density at radius 1 is 1.12 bits per heavy atom. The molecule has 0 saturated carbocycles. The molecule has 0 bridgehead atoms. The minimum absolute atomic E-state index is 0.0402. The standard InChI is InChI=1S/C20H17N3O3/c1-12(11-21)10-17(20(25)26)23-19(24)18-13-6-2-4-8-15(13)22-16-9-5-3-7-14(16)18/h2-9,12,17H,10H2,1H3,(H,23,24)(H,25,26)/t12-,17-/m1/s1. The van der Waals surface area contributed by atoms with Gasteiger partial charge in [0.05, 0.1) is 22.7 Å². The molecule has 0 spiro atoms. The lowest BCUT2D eigenvalue weighted by atomic mass is 10.00. The lowest BCUT2D eigenvalue weighted by Crippen LogP contribution is -2.41. The van der Waals surface area contributed by atoms with Gasteiger partial charge in [-0.25, -0.2) is 9.78 Å². The molecule has 2 N–H and O–H groups in total. The molecule has 3 rings (SSSR count). The number of nitriles is 1. The second kappa shape index (κ2) is 7.19. The molecule has 6 heteroatoms. The lowest BCUT2D eigenvalue weighted by molar-refractivity contribution is -0.139. The van der Waals surface area contributed by atoms with Gasteiger partial charge in [-0.2, -0.15) is 5.26 Å². The SMILES string of the molecule is C[C@@H](C#N)C[C@@H](NC(=O)c1c2ccccc2nc2ccccc12)C(=O)O. The highest BCUT2D eigenvalue weighted by Gasteiger charge is 2.25. The number of fused-ring (bicyclic) bond motifs is 2. The Morgan fingerprint density at radius 3 is 2.15 bits per heavy atom. The highest BCUT2D eigenvalue weighted by atomic mass is 16.4. The van der Waals surface area contributed by atoms with Crippen molar-refractivity contribution in [1.82, 2.24) is 10.3 Å². The number of aliphatic carboxylic acids is 1. The number of nitrogens with zero attached hydrogens (tertiary/aromatic N) is 2. The van der Waals surface area contributed by atoms with E-state index in [0.717, 1.165) is 0 Å². The van der Waals surface area contributed by atoms with Gasteiger partial charge in [-0.3, -0.25) is 4.79 Å². The molecule has 26 heavy (non-hydrogen) atoms. The third-order valence-electron chi connectivity index (χ3n) is 4.23. The number of carbonyl (C=O) groups excluding carboxylic acids is 1. The van der Waals surface area contributed by atoms with Gasteiger partial charge in [0.15, 0.2) is 0 Å². The highest BCUT2D eigenvalue weighted by molar-refractivity contribution is 6.16. The lowest BCUT2D eigenvalue weighted by Gasteiger charge is -2.17. The highest BCUT2D eigenvalue weighted by Crippen LogP contribution is 2.26. The van der Waals surface area contributed by atoms with E-state index in [-0.39, 0.29) is 6.42 Å². The number of carbonyl (C=O) groups is 2. The molecule has 0 fully saturated rings. The van der Waals surface area contributed by atoms with E-state index in [9.17, 15) is 14.7 Å². The van der Waals surface area contributed by atoms with Gasteiger partial charge in [0.2, 0.25) is 0 Å². The van der Waals surface area contributed by atoms with E-state index >= 15 is 0 Å². The molecule has 0 saturated heterocycles. The van der Waals surface area contributed by atoms with Gasteiger partial charge in [0.25, 0.3) is 5.91 Å². The van der Waals surface area contributed by atoms with E-state index in [0.29, 0.717) is 27.4 Å². The molecule has 1 amide bonds. The van der Waals surface area contributed by atoms with Gasteiger partial charge in [-0.15, -0.1) is 0 Å². The van der Waals surface area contributed by atoms with Crippen molar-refractivity contribution in [3.8, 4) is 6.07 Å². The number of pyridine rings is 1.